The van der Waals surface area contributed by atoms with Crippen LogP contribution in [-0.4, -0.2) is 19.3 Å². The molecule has 1 amide bonds. The average molecular weight is 292 g/mol. The van der Waals surface area contributed by atoms with Crippen LogP contribution in [0.4, 0.5) is 5.69 Å². The van der Waals surface area contributed by atoms with Crippen molar-refractivity contribution < 1.29 is 13.2 Å². The number of benzene rings is 1. The van der Waals surface area contributed by atoms with Crippen LogP contribution >= 0.6 is 0 Å². The number of amides is 1. The van der Waals surface area contributed by atoms with E-state index in [1.165, 1.54) is 30.5 Å². The molecule has 8 heteroatoms. The largest absolute Gasteiger partial charge is 0.322 e. The second-order valence-corrected chi connectivity index (χ2v) is 5.56. The van der Waals surface area contributed by atoms with Gasteiger partial charge in [0, 0.05) is 18.1 Å². The first kappa shape index (κ1) is 14.1. The number of carbonyl (C=O) groups is 1. The van der Waals surface area contributed by atoms with Crippen LogP contribution in [-0.2, 0) is 10.0 Å². The molecule has 0 saturated heterocycles. The Hall–Kier alpha value is -2.29. The van der Waals surface area contributed by atoms with Gasteiger partial charge >= 0.3 is 0 Å². The molecule has 0 aliphatic carbocycles. The van der Waals surface area contributed by atoms with Gasteiger partial charge in [0.05, 0.1) is 10.5 Å². The Morgan fingerprint density at radius 1 is 1.15 bits per heavy atom. The van der Waals surface area contributed by atoms with Gasteiger partial charge in [-0.3, -0.25) is 15.6 Å². The number of hydrogen-bond acceptors (Lipinski definition) is 5. The van der Waals surface area contributed by atoms with Crippen LogP contribution < -0.4 is 16.0 Å². The van der Waals surface area contributed by atoms with Gasteiger partial charge in [-0.1, -0.05) is 0 Å². The summed E-state index contributed by atoms with van der Waals surface area (Å²) in [5.41, 5.74) is 0.877. The third kappa shape index (κ3) is 3.18. The lowest BCUT2D eigenvalue weighted by Gasteiger charge is -2.06. The zero-order chi connectivity index (χ0) is 14.6. The maximum Gasteiger partial charge on any atom is 0.257 e. The zero-order valence-corrected chi connectivity index (χ0v) is 11.1. The van der Waals surface area contributed by atoms with E-state index in [1.807, 2.05) is 0 Å². The summed E-state index contributed by atoms with van der Waals surface area (Å²) in [7, 11) is -3.69. The number of hydrazine groups is 1. The fourth-order valence-electron chi connectivity index (χ4n) is 1.49. The monoisotopic (exact) mass is 292 g/mol. The quantitative estimate of drug-likeness (QED) is 0.560. The molecule has 2 rings (SSSR count). The lowest BCUT2D eigenvalue weighted by Crippen LogP contribution is -2.30. The first-order valence-corrected chi connectivity index (χ1v) is 7.05. The summed E-state index contributed by atoms with van der Waals surface area (Å²) in [6, 6.07) is 8.90. The van der Waals surface area contributed by atoms with Gasteiger partial charge in [-0.2, -0.15) is 4.83 Å². The zero-order valence-electron chi connectivity index (χ0n) is 10.3. The van der Waals surface area contributed by atoms with E-state index in [4.69, 9.17) is 5.84 Å². The number of anilines is 1. The first-order chi connectivity index (χ1) is 9.53. The third-order valence-electron chi connectivity index (χ3n) is 2.50. The summed E-state index contributed by atoms with van der Waals surface area (Å²) >= 11 is 0. The van der Waals surface area contributed by atoms with Crippen molar-refractivity contribution in [1.82, 2.24) is 9.82 Å². The summed E-state index contributed by atoms with van der Waals surface area (Å²) in [5.74, 6) is 4.59. The van der Waals surface area contributed by atoms with Gasteiger partial charge in [-0.15, -0.1) is 0 Å². The molecular weight excluding hydrogens is 280 g/mol. The summed E-state index contributed by atoms with van der Waals surface area (Å²) in [4.78, 5) is 17.4. The van der Waals surface area contributed by atoms with E-state index in [0.717, 1.165) is 0 Å². The van der Waals surface area contributed by atoms with Crippen molar-refractivity contribution in [2.45, 2.75) is 4.90 Å². The number of carbonyl (C=O) groups excluding carboxylic acids is 1. The Balaban J connectivity index is 2.14. The summed E-state index contributed by atoms with van der Waals surface area (Å²) in [5, 5.41) is 2.63. The minimum atomic E-state index is -3.69. The molecular formula is C12H12N4O3S. The molecule has 0 aliphatic rings. The highest BCUT2D eigenvalue weighted by Crippen LogP contribution is 2.14. The smallest absolute Gasteiger partial charge is 0.257 e. The van der Waals surface area contributed by atoms with Gasteiger partial charge in [0.2, 0.25) is 0 Å². The lowest BCUT2D eigenvalue weighted by molar-refractivity contribution is 0.102. The van der Waals surface area contributed by atoms with Crippen LogP contribution in [0.15, 0.2) is 53.7 Å². The van der Waals surface area contributed by atoms with Gasteiger partial charge in [0.1, 0.15) is 0 Å². The van der Waals surface area contributed by atoms with Crippen LogP contribution in [0.5, 0.6) is 0 Å². The highest BCUT2D eigenvalue weighted by Gasteiger charge is 2.11. The van der Waals surface area contributed by atoms with Gasteiger partial charge in [-0.25, -0.2) is 8.42 Å². The van der Waals surface area contributed by atoms with E-state index in [9.17, 15) is 13.2 Å². The van der Waals surface area contributed by atoms with Gasteiger partial charge in [0.25, 0.3) is 15.9 Å². The fourth-order valence-corrected chi connectivity index (χ4v) is 2.12. The summed E-state index contributed by atoms with van der Waals surface area (Å²) in [6.45, 7) is 0. The third-order valence-corrected chi connectivity index (χ3v) is 3.70. The van der Waals surface area contributed by atoms with Crippen LogP contribution in [0.1, 0.15) is 10.4 Å². The Kier molecular flexibility index (Phi) is 4.08. The SMILES string of the molecule is NNS(=O)(=O)c1ccc(NC(=O)c2cccnc2)cc1. The molecule has 0 aliphatic heterocycles. The molecule has 104 valence electrons. The normalized spacial score (nSPS) is 11.1. The molecule has 0 unspecified atom stereocenters. The maximum atomic E-state index is 11.9. The Bertz CT molecular complexity index is 699. The van der Waals surface area contributed by atoms with Crippen LogP contribution in [0.2, 0.25) is 0 Å². The number of hydrogen-bond donors (Lipinski definition) is 3. The molecule has 0 bridgehead atoms. The standard InChI is InChI=1S/C12H12N4O3S/c13-16-20(18,19)11-5-3-10(4-6-11)15-12(17)9-2-1-7-14-8-9/h1-8,16H,13H2,(H,15,17). The van der Waals surface area contributed by atoms with Crippen molar-refractivity contribution in [2.24, 2.45) is 5.84 Å². The van der Waals surface area contributed by atoms with Crippen LogP contribution in [0.3, 0.4) is 0 Å². The van der Waals surface area contributed by atoms with Crippen molar-refractivity contribution >= 4 is 21.6 Å². The topological polar surface area (TPSA) is 114 Å². The van der Waals surface area contributed by atoms with E-state index < -0.39 is 10.0 Å². The van der Waals surface area contributed by atoms with E-state index in [2.05, 4.69) is 10.3 Å². The van der Waals surface area contributed by atoms with Gasteiger partial charge < -0.3 is 5.32 Å². The van der Waals surface area contributed by atoms with Crippen molar-refractivity contribution in [3.63, 3.8) is 0 Å². The Labute approximate surface area is 115 Å². The highest BCUT2D eigenvalue weighted by molar-refractivity contribution is 7.89. The number of aromatic nitrogens is 1. The van der Waals surface area contributed by atoms with Crippen molar-refractivity contribution in [3.8, 4) is 0 Å². The van der Waals surface area contributed by atoms with Crippen LogP contribution in [0, 0.1) is 0 Å². The Morgan fingerprint density at radius 3 is 2.40 bits per heavy atom. The molecule has 7 nitrogen and oxygen atoms in total. The van der Waals surface area contributed by atoms with Gasteiger partial charge in [0.15, 0.2) is 0 Å². The molecule has 0 atom stereocenters. The predicted molar refractivity (Wildman–Crippen MR) is 73.1 cm³/mol. The number of nitrogens with two attached hydrogens (primary N) is 1. The number of rotatable bonds is 4. The second-order valence-electron chi connectivity index (χ2n) is 3.84. The Morgan fingerprint density at radius 2 is 1.85 bits per heavy atom. The number of sulfonamides is 1. The van der Waals surface area contributed by atoms with Crippen molar-refractivity contribution in [3.05, 3.63) is 54.4 Å². The van der Waals surface area contributed by atoms with Gasteiger partial charge in [-0.05, 0) is 36.4 Å². The van der Waals surface area contributed by atoms with Crippen molar-refractivity contribution in [1.29, 1.82) is 0 Å². The molecule has 2 aromatic rings. The minimum Gasteiger partial charge on any atom is -0.322 e. The maximum absolute atomic E-state index is 11.9. The second kappa shape index (κ2) is 5.78. The fraction of sp³-hybridized carbons (Fsp3) is 0. The van der Waals surface area contributed by atoms with E-state index in [-0.39, 0.29) is 10.8 Å². The van der Waals surface area contributed by atoms with E-state index in [0.29, 0.717) is 11.3 Å². The number of nitrogens with zero attached hydrogens (tertiary/aromatic N) is 1. The predicted octanol–water partition coefficient (Wildman–Crippen LogP) is 0.486. The number of nitrogens with one attached hydrogen (secondary N) is 2. The molecule has 20 heavy (non-hydrogen) atoms. The first-order valence-electron chi connectivity index (χ1n) is 5.57. The molecule has 1 aromatic heterocycles. The average Bonchev–Trinajstić information content (AvgIpc) is 2.48. The summed E-state index contributed by atoms with van der Waals surface area (Å²) < 4.78 is 22.8. The number of pyridine rings is 1. The molecule has 0 radical (unpaired) electrons. The highest BCUT2D eigenvalue weighted by atomic mass is 32.2. The molecule has 0 spiro atoms. The van der Waals surface area contributed by atoms with E-state index >= 15 is 0 Å². The molecule has 4 N–H and O–H groups in total. The van der Waals surface area contributed by atoms with Crippen LogP contribution in [0.25, 0.3) is 0 Å². The van der Waals surface area contributed by atoms with Crippen molar-refractivity contribution in [2.75, 3.05) is 5.32 Å². The lowest BCUT2D eigenvalue weighted by atomic mass is 10.2. The molecule has 1 aromatic carbocycles. The minimum absolute atomic E-state index is 0.0133. The molecule has 1 heterocycles. The van der Waals surface area contributed by atoms with E-state index in [1.54, 1.807) is 23.2 Å². The molecule has 0 fully saturated rings. The summed E-state index contributed by atoms with van der Waals surface area (Å²) in [6.07, 6.45) is 3.00. The molecule has 0 saturated carbocycles.